The number of hydrogen-bond donors (Lipinski definition) is 0. The fourth-order valence-electron chi connectivity index (χ4n) is 3.11. The van der Waals surface area contributed by atoms with Gasteiger partial charge in [0, 0.05) is 47.2 Å². The summed E-state index contributed by atoms with van der Waals surface area (Å²) in [5.41, 5.74) is 1.60. The molecule has 1 fully saturated rings. The minimum atomic E-state index is -3.53. The maximum absolute atomic E-state index is 12.8. The smallest absolute Gasteiger partial charge is 0.243 e. The van der Waals surface area contributed by atoms with Crippen LogP contribution in [0.15, 0.2) is 52.7 Å². The first-order chi connectivity index (χ1) is 13.8. The monoisotopic (exact) mass is 487 g/mol. The lowest BCUT2D eigenvalue weighted by molar-refractivity contribution is 0.385. The lowest BCUT2D eigenvalue weighted by atomic mass is 10.2. The van der Waals surface area contributed by atoms with Gasteiger partial charge in [-0.1, -0.05) is 34.8 Å². The van der Waals surface area contributed by atoms with E-state index in [9.17, 15) is 8.42 Å². The molecule has 0 unspecified atom stereocenters. The topological polar surface area (TPSA) is 53.5 Å². The first-order valence-electron chi connectivity index (χ1n) is 8.76. The SMILES string of the molecule is O=S(=O)(c1ccc(Cl)cc1)N1CCN(c2nc(-c3ccc(Cl)cc3Cl)cs2)CC1. The van der Waals surface area contributed by atoms with Gasteiger partial charge in [-0.15, -0.1) is 11.3 Å². The Balaban J connectivity index is 1.46. The predicted octanol–water partition coefficient (Wildman–Crippen LogP) is 5.28. The van der Waals surface area contributed by atoms with Crippen molar-refractivity contribution in [2.75, 3.05) is 31.1 Å². The van der Waals surface area contributed by atoms with Gasteiger partial charge in [0.05, 0.1) is 15.6 Å². The summed E-state index contributed by atoms with van der Waals surface area (Å²) in [6, 6.07) is 11.6. The first-order valence-corrected chi connectivity index (χ1v) is 12.2. The molecule has 0 atom stereocenters. The van der Waals surface area contributed by atoms with Crippen LogP contribution in [-0.4, -0.2) is 43.9 Å². The average Bonchev–Trinajstić information content (AvgIpc) is 3.18. The summed E-state index contributed by atoms with van der Waals surface area (Å²) in [5, 5.41) is 4.42. The van der Waals surface area contributed by atoms with Crippen molar-refractivity contribution in [3.05, 3.63) is 62.9 Å². The standard InChI is InChI=1S/C19H16Cl3N3O2S2/c20-13-1-4-15(5-2-13)29(26,27)25-9-7-24(8-10-25)19-23-18(12-28-19)16-6-3-14(21)11-17(16)22/h1-6,11-12H,7-10H2. The van der Waals surface area contributed by atoms with Crippen LogP contribution in [0.5, 0.6) is 0 Å². The van der Waals surface area contributed by atoms with Crippen LogP contribution in [0, 0.1) is 0 Å². The van der Waals surface area contributed by atoms with E-state index in [-0.39, 0.29) is 4.90 Å². The minimum absolute atomic E-state index is 0.254. The third-order valence-electron chi connectivity index (χ3n) is 4.66. The molecule has 0 spiro atoms. The summed E-state index contributed by atoms with van der Waals surface area (Å²) in [6.07, 6.45) is 0. The van der Waals surface area contributed by atoms with Crippen molar-refractivity contribution in [2.24, 2.45) is 0 Å². The van der Waals surface area contributed by atoms with E-state index in [1.54, 1.807) is 24.3 Å². The van der Waals surface area contributed by atoms with Gasteiger partial charge in [0.2, 0.25) is 10.0 Å². The van der Waals surface area contributed by atoms with Crippen LogP contribution in [0.25, 0.3) is 11.3 Å². The van der Waals surface area contributed by atoms with Crippen molar-refractivity contribution in [1.29, 1.82) is 0 Å². The summed E-state index contributed by atoms with van der Waals surface area (Å²) >= 11 is 19.6. The largest absolute Gasteiger partial charge is 0.345 e. The predicted molar refractivity (Wildman–Crippen MR) is 120 cm³/mol. The third-order valence-corrected chi connectivity index (χ3v) is 8.27. The highest BCUT2D eigenvalue weighted by Crippen LogP contribution is 2.34. The highest BCUT2D eigenvalue weighted by Gasteiger charge is 2.29. The lowest BCUT2D eigenvalue weighted by Crippen LogP contribution is -2.48. The number of aromatic nitrogens is 1. The van der Waals surface area contributed by atoms with Crippen molar-refractivity contribution in [3.63, 3.8) is 0 Å². The van der Waals surface area contributed by atoms with Gasteiger partial charge in [-0.2, -0.15) is 4.31 Å². The number of sulfonamides is 1. The molecule has 2 heterocycles. The lowest BCUT2D eigenvalue weighted by Gasteiger charge is -2.33. The van der Waals surface area contributed by atoms with Gasteiger partial charge in [-0.3, -0.25) is 0 Å². The number of anilines is 1. The number of nitrogens with zero attached hydrogens (tertiary/aromatic N) is 3. The van der Waals surface area contributed by atoms with Crippen LogP contribution >= 0.6 is 46.1 Å². The van der Waals surface area contributed by atoms with Gasteiger partial charge in [0.25, 0.3) is 0 Å². The number of rotatable bonds is 4. The van der Waals surface area contributed by atoms with E-state index >= 15 is 0 Å². The van der Waals surface area contributed by atoms with Gasteiger partial charge in [-0.25, -0.2) is 13.4 Å². The number of hydrogen-bond acceptors (Lipinski definition) is 5. The van der Waals surface area contributed by atoms with Crippen LogP contribution < -0.4 is 4.90 Å². The number of piperazine rings is 1. The number of halogens is 3. The highest BCUT2D eigenvalue weighted by atomic mass is 35.5. The van der Waals surface area contributed by atoms with Crippen LogP contribution in [-0.2, 0) is 10.0 Å². The number of benzene rings is 2. The molecule has 10 heteroatoms. The normalized spacial score (nSPS) is 15.6. The Bertz CT molecular complexity index is 1130. The molecule has 5 nitrogen and oxygen atoms in total. The fraction of sp³-hybridized carbons (Fsp3) is 0.211. The van der Waals surface area contributed by atoms with E-state index in [1.807, 2.05) is 11.4 Å². The molecular weight excluding hydrogens is 473 g/mol. The van der Waals surface area contributed by atoms with E-state index in [1.165, 1.54) is 27.8 Å². The molecule has 0 saturated carbocycles. The summed E-state index contributed by atoms with van der Waals surface area (Å²) in [5.74, 6) is 0. The second-order valence-electron chi connectivity index (χ2n) is 6.48. The zero-order chi connectivity index (χ0) is 20.6. The molecule has 3 aromatic rings. The third kappa shape index (κ3) is 4.40. The van der Waals surface area contributed by atoms with Gasteiger partial charge < -0.3 is 4.90 Å². The Morgan fingerprint density at radius 1 is 0.897 bits per heavy atom. The van der Waals surface area contributed by atoms with Crippen LogP contribution in [0.1, 0.15) is 0 Å². The summed E-state index contributed by atoms with van der Waals surface area (Å²) in [7, 11) is -3.53. The zero-order valence-electron chi connectivity index (χ0n) is 15.1. The van der Waals surface area contributed by atoms with Gasteiger partial charge in [0.1, 0.15) is 0 Å². The summed E-state index contributed by atoms with van der Waals surface area (Å²) in [4.78, 5) is 7.03. The van der Waals surface area contributed by atoms with Crippen molar-refractivity contribution in [3.8, 4) is 11.3 Å². The van der Waals surface area contributed by atoms with E-state index in [4.69, 9.17) is 34.8 Å². The summed E-state index contributed by atoms with van der Waals surface area (Å²) < 4.78 is 27.1. The molecule has 0 bridgehead atoms. The van der Waals surface area contributed by atoms with Crippen molar-refractivity contribution in [1.82, 2.24) is 9.29 Å². The maximum Gasteiger partial charge on any atom is 0.243 e. The molecule has 0 aliphatic carbocycles. The van der Waals surface area contributed by atoms with Gasteiger partial charge >= 0.3 is 0 Å². The van der Waals surface area contributed by atoms with E-state index < -0.39 is 10.0 Å². The van der Waals surface area contributed by atoms with Crippen molar-refractivity contribution in [2.45, 2.75) is 4.90 Å². The maximum atomic E-state index is 12.8. The Labute approximate surface area is 188 Å². The second-order valence-corrected chi connectivity index (χ2v) is 10.5. The molecule has 1 aliphatic heterocycles. The average molecular weight is 489 g/mol. The molecule has 0 amide bonds. The molecule has 1 saturated heterocycles. The molecule has 0 radical (unpaired) electrons. The van der Waals surface area contributed by atoms with E-state index in [0.29, 0.717) is 41.2 Å². The molecule has 0 N–H and O–H groups in total. The summed E-state index contributed by atoms with van der Waals surface area (Å²) in [6.45, 7) is 1.91. The number of thiazole rings is 1. The fourth-order valence-corrected chi connectivity index (χ4v) is 6.04. The second kappa shape index (κ2) is 8.41. The zero-order valence-corrected chi connectivity index (χ0v) is 19.0. The van der Waals surface area contributed by atoms with Crippen LogP contribution in [0.4, 0.5) is 5.13 Å². The molecule has 1 aliphatic rings. The molecule has 4 rings (SSSR count). The van der Waals surface area contributed by atoms with E-state index in [0.717, 1.165) is 16.4 Å². The first kappa shape index (κ1) is 20.9. The van der Waals surface area contributed by atoms with Gasteiger partial charge in [-0.05, 0) is 42.5 Å². The molecule has 1 aromatic heterocycles. The molecular formula is C19H16Cl3N3O2S2. The molecule has 152 valence electrons. The van der Waals surface area contributed by atoms with Crippen molar-refractivity contribution < 1.29 is 8.42 Å². The Morgan fingerprint density at radius 2 is 1.55 bits per heavy atom. The minimum Gasteiger partial charge on any atom is -0.345 e. The quantitative estimate of drug-likeness (QED) is 0.501. The van der Waals surface area contributed by atoms with Crippen LogP contribution in [0.3, 0.4) is 0 Å². The Hall–Kier alpha value is -1.35. The van der Waals surface area contributed by atoms with Crippen molar-refractivity contribution >= 4 is 61.3 Å². The molecule has 29 heavy (non-hydrogen) atoms. The Kier molecular flexibility index (Phi) is 6.06. The van der Waals surface area contributed by atoms with E-state index in [2.05, 4.69) is 9.88 Å². The van der Waals surface area contributed by atoms with Gasteiger partial charge in [0.15, 0.2) is 5.13 Å². The van der Waals surface area contributed by atoms with Crippen LogP contribution in [0.2, 0.25) is 15.1 Å². The molecule has 2 aromatic carbocycles. The highest BCUT2D eigenvalue weighted by molar-refractivity contribution is 7.89. The Morgan fingerprint density at radius 3 is 2.21 bits per heavy atom.